The zero-order valence-electron chi connectivity index (χ0n) is 12.3. The molecule has 0 spiro atoms. The van der Waals surface area contributed by atoms with Gasteiger partial charge in [-0.1, -0.05) is 31.9 Å². The molecule has 0 aliphatic carbocycles. The van der Waals surface area contributed by atoms with Gasteiger partial charge in [-0.15, -0.1) is 0 Å². The van der Waals surface area contributed by atoms with E-state index in [1.54, 1.807) is 12.1 Å². The number of rotatable bonds is 5. The lowest BCUT2D eigenvalue weighted by Gasteiger charge is -2.40. The third-order valence-electron chi connectivity index (χ3n) is 4.10. The van der Waals surface area contributed by atoms with E-state index >= 15 is 0 Å². The standard InChI is InChI=1S/C16H24ClFN2/c1-3-5-14-11-20(15(4-2)9-19-14)10-12-8-13(17)6-7-16(12)18/h6-8,14-15,19H,3-5,9-11H2,1-2H3. The van der Waals surface area contributed by atoms with Gasteiger partial charge in [0.25, 0.3) is 0 Å². The van der Waals surface area contributed by atoms with Crippen LogP contribution in [0, 0.1) is 5.82 Å². The fourth-order valence-electron chi connectivity index (χ4n) is 2.95. The van der Waals surface area contributed by atoms with Crippen LogP contribution < -0.4 is 5.32 Å². The van der Waals surface area contributed by atoms with E-state index in [-0.39, 0.29) is 5.82 Å². The van der Waals surface area contributed by atoms with Crippen LogP contribution in [0.4, 0.5) is 4.39 Å². The van der Waals surface area contributed by atoms with Gasteiger partial charge in [0, 0.05) is 42.3 Å². The second-order valence-electron chi connectivity index (χ2n) is 5.62. The SMILES string of the molecule is CCCC1CN(Cc2cc(Cl)ccc2F)C(CC)CN1. The second kappa shape index (κ2) is 7.39. The Balaban J connectivity index is 2.09. The van der Waals surface area contributed by atoms with Crippen molar-refractivity contribution in [1.82, 2.24) is 10.2 Å². The molecule has 0 bridgehead atoms. The predicted octanol–water partition coefficient (Wildman–Crippen LogP) is 3.83. The Morgan fingerprint density at radius 2 is 2.20 bits per heavy atom. The number of benzene rings is 1. The van der Waals surface area contributed by atoms with Crippen molar-refractivity contribution >= 4 is 11.6 Å². The van der Waals surface area contributed by atoms with Crippen molar-refractivity contribution < 1.29 is 4.39 Å². The molecular formula is C16H24ClFN2. The van der Waals surface area contributed by atoms with E-state index in [0.717, 1.165) is 19.5 Å². The lowest BCUT2D eigenvalue weighted by atomic mass is 10.0. The molecule has 1 fully saturated rings. The molecule has 1 aromatic rings. The molecule has 1 saturated heterocycles. The van der Waals surface area contributed by atoms with Crippen LogP contribution in [0.1, 0.15) is 38.7 Å². The first-order valence-electron chi connectivity index (χ1n) is 7.55. The monoisotopic (exact) mass is 298 g/mol. The maximum Gasteiger partial charge on any atom is 0.127 e. The topological polar surface area (TPSA) is 15.3 Å². The highest BCUT2D eigenvalue weighted by Crippen LogP contribution is 2.21. The minimum absolute atomic E-state index is 0.158. The molecule has 2 nitrogen and oxygen atoms in total. The van der Waals surface area contributed by atoms with Gasteiger partial charge < -0.3 is 5.32 Å². The van der Waals surface area contributed by atoms with E-state index in [0.29, 0.717) is 29.2 Å². The average Bonchev–Trinajstić information content (AvgIpc) is 2.44. The van der Waals surface area contributed by atoms with Crippen LogP contribution in [0.3, 0.4) is 0 Å². The summed E-state index contributed by atoms with van der Waals surface area (Å²) in [6, 6.07) is 5.81. The Labute approximate surface area is 126 Å². The van der Waals surface area contributed by atoms with Crippen molar-refractivity contribution in [2.45, 2.75) is 51.7 Å². The van der Waals surface area contributed by atoms with E-state index in [1.807, 2.05) is 0 Å². The summed E-state index contributed by atoms with van der Waals surface area (Å²) in [4.78, 5) is 2.39. The highest BCUT2D eigenvalue weighted by Gasteiger charge is 2.26. The molecule has 4 heteroatoms. The predicted molar refractivity (Wildman–Crippen MR) is 82.6 cm³/mol. The van der Waals surface area contributed by atoms with Crippen molar-refractivity contribution in [2.24, 2.45) is 0 Å². The van der Waals surface area contributed by atoms with E-state index in [4.69, 9.17) is 11.6 Å². The molecule has 1 heterocycles. The number of halogens is 2. The lowest BCUT2D eigenvalue weighted by molar-refractivity contribution is 0.114. The molecule has 20 heavy (non-hydrogen) atoms. The number of nitrogens with zero attached hydrogens (tertiary/aromatic N) is 1. The summed E-state index contributed by atoms with van der Waals surface area (Å²) in [7, 11) is 0. The summed E-state index contributed by atoms with van der Waals surface area (Å²) in [5.74, 6) is -0.158. The van der Waals surface area contributed by atoms with Gasteiger partial charge >= 0.3 is 0 Å². The largest absolute Gasteiger partial charge is 0.311 e. The molecule has 0 aromatic heterocycles. The first-order chi connectivity index (χ1) is 9.63. The Morgan fingerprint density at radius 1 is 1.40 bits per heavy atom. The molecule has 0 saturated carbocycles. The van der Waals surface area contributed by atoms with Gasteiger partial charge in [-0.2, -0.15) is 0 Å². The van der Waals surface area contributed by atoms with Crippen LogP contribution in [-0.2, 0) is 6.54 Å². The Morgan fingerprint density at radius 3 is 2.90 bits per heavy atom. The molecule has 1 aliphatic rings. The van der Waals surface area contributed by atoms with Crippen molar-refractivity contribution in [3.8, 4) is 0 Å². The van der Waals surface area contributed by atoms with Crippen molar-refractivity contribution in [3.05, 3.63) is 34.6 Å². The number of hydrogen-bond donors (Lipinski definition) is 1. The molecule has 112 valence electrons. The molecule has 0 radical (unpaired) electrons. The van der Waals surface area contributed by atoms with Gasteiger partial charge in [-0.25, -0.2) is 4.39 Å². The Bertz CT molecular complexity index is 438. The molecule has 0 amide bonds. The highest BCUT2D eigenvalue weighted by atomic mass is 35.5. The summed E-state index contributed by atoms with van der Waals surface area (Å²) in [6.45, 7) is 7.01. The lowest BCUT2D eigenvalue weighted by Crippen LogP contribution is -2.55. The highest BCUT2D eigenvalue weighted by molar-refractivity contribution is 6.30. The van der Waals surface area contributed by atoms with Gasteiger partial charge in [-0.05, 0) is 31.0 Å². The minimum atomic E-state index is -0.158. The molecular weight excluding hydrogens is 275 g/mol. The first kappa shape index (κ1) is 15.7. The van der Waals surface area contributed by atoms with E-state index in [1.165, 1.54) is 18.9 Å². The summed E-state index contributed by atoms with van der Waals surface area (Å²) in [5, 5.41) is 4.21. The Kier molecular flexibility index (Phi) is 5.82. The summed E-state index contributed by atoms with van der Waals surface area (Å²) in [6.07, 6.45) is 3.42. The van der Waals surface area contributed by atoms with Crippen LogP contribution >= 0.6 is 11.6 Å². The van der Waals surface area contributed by atoms with E-state index in [2.05, 4.69) is 24.1 Å². The summed E-state index contributed by atoms with van der Waals surface area (Å²) in [5.41, 5.74) is 0.702. The average molecular weight is 299 g/mol. The second-order valence-corrected chi connectivity index (χ2v) is 6.06. The maximum absolute atomic E-state index is 13.9. The quantitative estimate of drug-likeness (QED) is 0.889. The minimum Gasteiger partial charge on any atom is -0.311 e. The van der Waals surface area contributed by atoms with Crippen LogP contribution in [-0.4, -0.2) is 30.1 Å². The fraction of sp³-hybridized carbons (Fsp3) is 0.625. The first-order valence-corrected chi connectivity index (χ1v) is 7.93. The summed E-state index contributed by atoms with van der Waals surface area (Å²) < 4.78 is 13.9. The maximum atomic E-state index is 13.9. The number of nitrogens with one attached hydrogen (secondary N) is 1. The third-order valence-corrected chi connectivity index (χ3v) is 4.34. The molecule has 2 unspecified atom stereocenters. The van der Waals surface area contributed by atoms with Crippen molar-refractivity contribution in [3.63, 3.8) is 0 Å². The molecule has 1 N–H and O–H groups in total. The van der Waals surface area contributed by atoms with Gasteiger partial charge in [0.1, 0.15) is 5.82 Å². The zero-order valence-corrected chi connectivity index (χ0v) is 13.1. The van der Waals surface area contributed by atoms with Crippen LogP contribution in [0.15, 0.2) is 18.2 Å². The molecule has 2 rings (SSSR count). The van der Waals surface area contributed by atoms with Gasteiger partial charge in [-0.3, -0.25) is 4.90 Å². The molecule has 2 atom stereocenters. The molecule has 1 aromatic carbocycles. The normalized spacial score (nSPS) is 24.0. The smallest absolute Gasteiger partial charge is 0.127 e. The third kappa shape index (κ3) is 3.94. The van der Waals surface area contributed by atoms with Crippen molar-refractivity contribution in [2.75, 3.05) is 13.1 Å². The van der Waals surface area contributed by atoms with Crippen LogP contribution in [0.25, 0.3) is 0 Å². The van der Waals surface area contributed by atoms with E-state index < -0.39 is 0 Å². The van der Waals surface area contributed by atoms with Crippen LogP contribution in [0.5, 0.6) is 0 Å². The number of piperazine rings is 1. The fourth-order valence-corrected chi connectivity index (χ4v) is 3.14. The Hall–Kier alpha value is -0.640. The van der Waals surface area contributed by atoms with Gasteiger partial charge in [0.15, 0.2) is 0 Å². The van der Waals surface area contributed by atoms with Crippen LogP contribution in [0.2, 0.25) is 5.02 Å². The van der Waals surface area contributed by atoms with Gasteiger partial charge in [0.2, 0.25) is 0 Å². The summed E-state index contributed by atoms with van der Waals surface area (Å²) >= 11 is 5.99. The zero-order chi connectivity index (χ0) is 14.5. The van der Waals surface area contributed by atoms with Gasteiger partial charge in [0.05, 0.1) is 0 Å². The van der Waals surface area contributed by atoms with Crippen molar-refractivity contribution in [1.29, 1.82) is 0 Å². The number of hydrogen-bond acceptors (Lipinski definition) is 2. The molecule has 1 aliphatic heterocycles. The van der Waals surface area contributed by atoms with E-state index in [9.17, 15) is 4.39 Å².